The van der Waals surface area contributed by atoms with Gasteiger partial charge in [-0.3, -0.25) is 4.79 Å². The Morgan fingerprint density at radius 3 is 2.68 bits per heavy atom. The molecule has 0 aromatic heterocycles. The largest absolute Gasteiger partial charge is 0.466 e. The summed E-state index contributed by atoms with van der Waals surface area (Å²) < 4.78 is 9.61. The van der Waals surface area contributed by atoms with Crippen LogP contribution in [0.2, 0.25) is 0 Å². The number of methoxy groups -OCH3 is 1. The minimum atomic E-state index is -0.560. The number of carbonyl (C=O) groups is 2. The molecule has 5 heteroatoms. The van der Waals surface area contributed by atoms with E-state index in [4.69, 9.17) is 16.3 Å². The molecule has 0 bridgehead atoms. The molecule has 0 saturated carbocycles. The van der Waals surface area contributed by atoms with E-state index in [0.29, 0.717) is 12.8 Å². The molecular weight excluding hydrogens is 304 g/mol. The van der Waals surface area contributed by atoms with Crippen molar-refractivity contribution in [2.24, 2.45) is 0 Å². The highest BCUT2D eigenvalue weighted by atomic mass is 35.5. The van der Waals surface area contributed by atoms with Gasteiger partial charge in [-0.15, -0.1) is 11.6 Å². The van der Waals surface area contributed by atoms with Gasteiger partial charge < -0.3 is 9.47 Å². The highest BCUT2D eigenvalue weighted by Crippen LogP contribution is 2.06. The van der Waals surface area contributed by atoms with Crippen molar-refractivity contribution in [3.63, 3.8) is 0 Å². The van der Waals surface area contributed by atoms with E-state index in [2.05, 4.69) is 16.6 Å². The van der Waals surface area contributed by atoms with Gasteiger partial charge in [0.2, 0.25) is 0 Å². The minimum Gasteiger partial charge on any atom is -0.466 e. The van der Waals surface area contributed by atoms with Crippen molar-refractivity contribution in [2.75, 3.05) is 13.0 Å². The Morgan fingerprint density at radius 2 is 2.05 bits per heavy atom. The Labute approximate surface area is 135 Å². The zero-order valence-electron chi connectivity index (χ0n) is 12.3. The van der Waals surface area contributed by atoms with Crippen molar-refractivity contribution in [3.05, 3.63) is 48.0 Å². The van der Waals surface area contributed by atoms with Crippen molar-refractivity contribution in [1.29, 1.82) is 0 Å². The monoisotopic (exact) mass is 320 g/mol. The number of hydrogen-bond acceptors (Lipinski definition) is 4. The van der Waals surface area contributed by atoms with Crippen LogP contribution in [0, 0.1) is 11.8 Å². The first-order chi connectivity index (χ1) is 10.7. The zero-order valence-corrected chi connectivity index (χ0v) is 13.0. The van der Waals surface area contributed by atoms with Crippen molar-refractivity contribution in [1.82, 2.24) is 0 Å². The molecule has 1 unspecified atom stereocenters. The van der Waals surface area contributed by atoms with Gasteiger partial charge in [0.15, 0.2) is 0 Å². The van der Waals surface area contributed by atoms with E-state index in [1.54, 1.807) is 0 Å². The topological polar surface area (TPSA) is 52.6 Å². The minimum absolute atomic E-state index is 0.238. The molecule has 0 amide bonds. The summed E-state index contributed by atoms with van der Waals surface area (Å²) in [5.41, 5.74) is 0.918. The lowest BCUT2D eigenvalue weighted by Gasteiger charge is -2.11. The van der Waals surface area contributed by atoms with Crippen molar-refractivity contribution < 1.29 is 19.1 Å². The van der Waals surface area contributed by atoms with E-state index in [-0.39, 0.29) is 5.88 Å². The number of carbonyl (C=O) groups excluding carboxylic acids is 2. The molecule has 22 heavy (non-hydrogen) atoms. The summed E-state index contributed by atoms with van der Waals surface area (Å²) in [6.07, 6.45) is 3.11. The second kappa shape index (κ2) is 10.5. The Morgan fingerprint density at radius 1 is 1.32 bits per heavy atom. The molecule has 1 aromatic carbocycles. The van der Waals surface area contributed by atoms with Gasteiger partial charge in [-0.05, 0) is 24.6 Å². The molecule has 1 aromatic rings. The van der Waals surface area contributed by atoms with Crippen LogP contribution in [-0.2, 0) is 19.1 Å². The SMILES string of the molecule is COC(=O)/C=C/C(CCC#Cc1ccccc1)OC(=O)CCl. The first-order valence-electron chi connectivity index (χ1n) is 6.71. The Bertz CT molecular complexity index is 569. The van der Waals surface area contributed by atoms with E-state index in [9.17, 15) is 9.59 Å². The van der Waals surface area contributed by atoms with Crippen LogP contribution in [0.25, 0.3) is 0 Å². The van der Waals surface area contributed by atoms with Gasteiger partial charge in [0.1, 0.15) is 12.0 Å². The van der Waals surface area contributed by atoms with Crippen molar-refractivity contribution in [3.8, 4) is 11.8 Å². The van der Waals surface area contributed by atoms with Crippen LogP contribution in [0.15, 0.2) is 42.5 Å². The normalized spacial score (nSPS) is 11.4. The summed E-state index contributed by atoms with van der Waals surface area (Å²) in [7, 11) is 1.28. The lowest BCUT2D eigenvalue weighted by molar-refractivity contribution is -0.144. The Balaban J connectivity index is 2.57. The third kappa shape index (κ3) is 7.51. The maximum Gasteiger partial charge on any atom is 0.330 e. The molecule has 0 heterocycles. The molecule has 116 valence electrons. The van der Waals surface area contributed by atoms with E-state index < -0.39 is 18.0 Å². The molecule has 0 aliphatic heterocycles. The second-order valence-electron chi connectivity index (χ2n) is 4.25. The average Bonchev–Trinajstić information content (AvgIpc) is 2.56. The summed E-state index contributed by atoms with van der Waals surface area (Å²) in [5, 5.41) is 0. The molecule has 0 spiro atoms. The van der Waals surface area contributed by atoms with Gasteiger partial charge >= 0.3 is 11.9 Å². The fraction of sp³-hybridized carbons (Fsp3) is 0.294. The molecule has 0 N–H and O–H groups in total. The lowest BCUT2D eigenvalue weighted by Crippen LogP contribution is -2.17. The summed E-state index contributed by atoms with van der Waals surface area (Å²) in [6, 6.07) is 9.57. The van der Waals surface area contributed by atoms with Crippen LogP contribution in [0.4, 0.5) is 0 Å². The predicted molar refractivity (Wildman–Crippen MR) is 84.3 cm³/mol. The summed E-state index contributed by atoms with van der Waals surface area (Å²) in [6.45, 7) is 0. The highest BCUT2D eigenvalue weighted by Gasteiger charge is 2.10. The standard InChI is InChI=1S/C17H17ClO4/c1-21-16(19)12-11-15(22-17(20)13-18)10-6-5-9-14-7-3-2-4-8-14/h2-4,7-8,11-12,15H,6,10,13H2,1H3/b12-11+. The first kappa shape index (κ1) is 17.8. The average molecular weight is 321 g/mol. The highest BCUT2D eigenvalue weighted by molar-refractivity contribution is 6.26. The summed E-state index contributed by atoms with van der Waals surface area (Å²) in [5.74, 6) is 4.72. The van der Waals surface area contributed by atoms with Crippen LogP contribution in [0.1, 0.15) is 18.4 Å². The summed E-state index contributed by atoms with van der Waals surface area (Å²) in [4.78, 5) is 22.3. The number of alkyl halides is 1. The molecule has 1 rings (SSSR count). The number of rotatable bonds is 6. The lowest BCUT2D eigenvalue weighted by atomic mass is 10.1. The van der Waals surface area contributed by atoms with Crippen LogP contribution in [0.3, 0.4) is 0 Å². The molecule has 4 nitrogen and oxygen atoms in total. The number of esters is 2. The van der Waals surface area contributed by atoms with Crippen LogP contribution >= 0.6 is 11.6 Å². The van der Waals surface area contributed by atoms with Crippen LogP contribution < -0.4 is 0 Å². The van der Waals surface area contributed by atoms with E-state index >= 15 is 0 Å². The number of halogens is 1. The van der Waals surface area contributed by atoms with Gasteiger partial charge in [0.05, 0.1) is 7.11 Å². The third-order valence-electron chi connectivity index (χ3n) is 2.60. The summed E-state index contributed by atoms with van der Waals surface area (Å²) >= 11 is 5.41. The van der Waals surface area contributed by atoms with Crippen molar-refractivity contribution in [2.45, 2.75) is 18.9 Å². The predicted octanol–water partition coefficient (Wildman–Crippen LogP) is 2.70. The van der Waals surface area contributed by atoms with Crippen LogP contribution in [-0.4, -0.2) is 31.0 Å². The molecule has 1 atom stereocenters. The molecular formula is C17H17ClO4. The Hall–Kier alpha value is -2.25. The van der Waals surface area contributed by atoms with E-state index in [1.165, 1.54) is 19.3 Å². The molecule has 0 radical (unpaired) electrons. The number of benzene rings is 1. The molecule has 0 aliphatic carbocycles. The first-order valence-corrected chi connectivity index (χ1v) is 7.24. The van der Waals surface area contributed by atoms with E-state index in [0.717, 1.165) is 5.56 Å². The van der Waals surface area contributed by atoms with Gasteiger partial charge in [-0.1, -0.05) is 30.0 Å². The third-order valence-corrected chi connectivity index (χ3v) is 2.82. The molecule has 0 aliphatic rings. The van der Waals surface area contributed by atoms with Gasteiger partial charge in [-0.25, -0.2) is 4.79 Å². The van der Waals surface area contributed by atoms with Gasteiger partial charge in [0, 0.05) is 18.1 Å². The quantitative estimate of drug-likeness (QED) is 0.350. The van der Waals surface area contributed by atoms with Crippen LogP contribution in [0.5, 0.6) is 0 Å². The second-order valence-corrected chi connectivity index (χ2v) is 4.52. The fourth-order valence-electron chi connectivity index (χ4n) is 1.55. The fourth-order valence-corrected chi connectivity index (χ4v) is 1.61. The van der Waals surface area contributed by atoms with Crippen molar-refractivity contribution >= 4 is 23.5 Å². The van der Waals surface area contributed by atoms with Gasteiger partial charge in [-0.2, -0.15) is 0 Å². The maximum absolute atomic E-state index is 11.3. The van der Waals surface area contributed by atoms with E-state index in [1.807, 2.05) is 30.3 Å². The molecule has 0 saturated heterocycles. The van der Waals surface area contributed by atoms with Gasteiger partial charge in [0.25, 0.3) is 0 Å². The smallest absolute Gasteiger partial charge is 0.330 e. The maximum atomic E-state index is 11.3. The molecule has 0 fully saturated rings. The number of hydrogen-bond donors (Lipinski definition) is 0. The number of ether oxygens (including phenoxy) is 2. The Kier molecular flexibility index (Phi) is 8.47. The zero-order chi connectivity index (χ0) is 16.2.